The first kappa shape index (κ1) is 11.7. The van der Waals surface area contributed by atoms with Crippen molar-refractivity contribution in [2.45, 2.75) is 38.8 Å². The molecule has 1 unspecified atom stereocenters. The van der Waals surface area contributed by atoms with E-state index in [1.54, 1.807) is 0 Å². The Labute approximate surface area is 89.0 Å². The van der Waals surface area contributed by atoms with Crippen molar-refractivity contribution in [2.24, 2.45) is 0 Å². The van der Waals surface area contributed by atoms with Crippen LogP contribution in [-0.2, 0) is 9.59 Å². The lowest BCUT2D eigenvalue weighted by molar-refractivity contribution is -0.138. The van der Waals surface area contributed by atoms with Crippen LogP contribution in [0.25, 0.3) is 0 Å². The smallest absolute Gasteiger partial charge is 0.229 e. The number of hydrogen-bond donors (Lipinski definition) is 1. The molecule has 0 aromatic rings. The van der Waals surface area contributed by atoms with Gasteiger partial charge in [-0.05, 0) is 13.8 Å². The van der Waals surface area contributed by atoms with Crippen LogP contribution in [0.2, 0.25) is 0 Å². The summed E-state index contributed by atoms with van der Waals surface area (Å²) < 4.78 is 0. The van der Waals surface area contributed by atoms with E-state index in [1.807, 2.05) is 19.9 Å². The molecular weight excluding hydrogens is 194 g/mol. The lowest BCUT2D eigenvalue weighted by atomic mass is 10.2. The third-order valence-electron chi connectivity index (χ3n) is 2.21. The molecular formula is C10H15N3O2. The third kappa shape index (κ3) is 3.03. The van der Waals surface area contributed by atoms with Crippen molar-refractivity contribution in [1.29, 1.82) is 5.26 Å². The van der Waals surface area contributed by atoms with E-state index in [2.05, 4.69) is 5.32 Å². The van der Waals surface area contributed by atoms with E-state index < -0.39 is 6.04 Å². The molecule has 15 heavy (non-hydrogen) atoms. The van der Waals surface area contributed by atoms with Gasteiger partial charge in [-0.15, -0.1) is 0 Å². The highest BCUT2D eigenvalue weighted by Gasteiger charge is 2.30. The van der Waals surface area contributed by atoms with Crippen molar-refractivity contribution in [1.82, 2.24) is 10.2 Å². The zero-order chi connectivity index (χ0) is 11.4. The van der Waals surface area contributed by atoms with Crippen molar-refractivity contribution in [3.63, 3.8) is 0 Å². The highest BCUT2D eigenvalue weighted by atomic mass is 16.2. The van der Waals surface area contributed by atoms with Crippen LogP contribution >= 0.6 is 0 Å². The Balaban J connectivity index is 2.55. The lowest BCUT2D eigenvalue weighted by Gasteiger charge is -2.20. The first-order chi connectivity index (χ1) is 7.04. The van der Waals surface area contributed by atoms with Gasteiger partial charge >= 0.3 is 0 Å². The average molecular weight is 209 g/mol. The van der Waals surface area contributed by atoms with Crippen LogP contribution in [0.15, 0.2) is 0 Å². The number of amides is 2. The zero-order valence-corrected chi connectivity index (χ0v) is 8.99. The molecule has 82 valence electrons. The van der Waals surface area contributed by atoms with Crippen LogP contribution in [-0.4, -0.2) is 35.3 Å². The molecule has 5 heteroatoms. The summed E-state index contributed by atoms with van der Waals surface area (Å²) in [5.74, 6) is -0.350. The van der Waals surface area contributed by atoms with Gasteiger partial charge in [-0.3, -0.25) is 19.8 Å². The quantitative estimate of drug-likeness (QED) is 0.663. The van der Waals surface area contributed by atoms with Crippen LogP contribution in [0.5, 0.6) is 0 Å². The van der Waals surface area contributed by atoms with Crippen molar-refractivity contribution in [3.05, 3.63) is 0 Å². The van der Waals surface area contributed by atoms with Crippen molar-refractivity contribution in [3.8, 4) is 6.07 Å². The summed E-state index contributed by atoms with van der Waals surface area (Å²) in [6.07, 6.45) is 0.553. The van der Waals surface area contributed by atoms with Crippen molar-refractivity contribution in [2.75, 3.05) is 6.54 Å². The topological polar surface area (TPSA) is 73.2 Å². The molecule has 0 bridgehead atoms. The number of nitrogens with zero attached hydrogens (tertiary/aromatic N) is 2. The summed E-state index contributed by atoms with van der Waals surface area (Å²) in [6, 6.07) is 1.72. The molecule has 0 aromatic heterocycles. The van der Waals surface area contributed by atoms with E-state index in [9.17, 15) is 9.59 Å². The van der Waals surface area contributed by atoms with E-state index in [0.29, 0.717) is 0 Å². The van der Waals surface area contributed by atoms with Gasteiger partial charge in [-0.25, -0.2) is 0 Å². The van der Waals surface area contributed by atoms with E-state index in [1.165, 1.54) is 4.90 Å². The molecule has 0 spiro atoms. The number of nitriles is 1. The number of carbonyl (C=O) groups excluding carboxylic acids is 2. The minimum atomic E-state index is -0.476. The highest BCUT2D eigenvalue weighted by molar-refractivity contribution is 6.01. The fourth-order valence-corrected chi connectivity index (χ4v) is 1.54. The maximum absolute atomic E-state index is 11.3. The minimum Gasteiger partial charge on any atom is -0.298 e. The molecule has 1 aliphatic heterocycles. The van der Waals surface area contributed by atoms with E-state index in [4.69, 9.17) is 5.26 Å². The summed E-state index contributed by atoms with van der Waals surface area (Å²) in [7, 11) is 0. The molecule has 1 aliphatic rings. The molecule has 1 heterocycles. The van der Waals surface area contributed by atoms with Gasteiger partial charge in [0.15, 0.2) is 0 Å². The average Bonchev–Trinajstić information content (AvgIpc) is 2.47. The minimum absolute atomic E-state index is 0.155. The number of hydrogen-bond acceptors (Lipinski definition) is 4. The van der Waals surface area contributed by atoms with Crippen LogP contribution in [0.1, 0.15) is 26.7 Å². The Kier molecular flexibility index (Phi) is 3.81. The summed E-state index contributed by atoms with van der Waals surface area (Å²) in [6.45, 7) is 3.99. The second-order valence-corrected chi connectivity index (χ2v) is 3.90. The van der Waals surface area contributed by atoms with Crippen molar-refractivity contribution < 1.29 is 9.59 Å². The zero-order valence-electron chi connectivity index (χ0n) is 8.99. The molecule has 0 aromatic carbocycles. The Morgan fingerprint density at radius 1 is 1.40 bits per heavy atom. The van der Waals surface area contributed by atoms with Gasteiger partial charge in [-0.2, -0.15) is 5.26 Å². The van der Waals surface area contributed by atoms with E-state index in [-0.39, 0.29) is 37.2 Å². The van der Waals surface area contributed by atoms with E-state index >= 15 is 0 Å². The summed E-state index contributed by atoms with van der Waals surface area (Å²) in [4.78, 5) is 23.7. The number of nitrogens with one attached hydrogen (secondary N) is 1. The molecule has 0 radical (unpaired) electrons. The highest BCUT2D eigenvalue weighted by Crippen LogP contribution is 2.11. The van der Waals surface area contributed by atoms with Crippen molar-refractivity contribution >= 4 is 11.8 Å². The monoisotopic (exact) mass is 209 g/mol. The third-order valence-corrected chi connectivity index (χ3v) is 2.21. The summed E-state index contributed by atoms with van der Waals surface area (Å²) in [5.41, 5.74) is 0. The fraction of sp³-hybridized carbons (Fsp3) is 0.700. The standard InChI is InChI=1S/C10H15N3O2/c1-7(2)12-8(5-11)6-13-9(14)3-4-10(13)15/h7-8,12H,3-4,6H2,1-2H3. The van der Waals surface area contributed by atoms with Crippen LogP contribution < -0.4 is 5.32 Å². The van der Waals surface area contributed by atoms with Gasteiger partial charge in [0, 0.05) is 18.9 Å². The number of likely N-dealkylation sites (tertiary alicyclic amines) is 1. The largest absolute Gasteiger partial charge is 0.298 e. The van der Waals surface area contributed by atoms with Crippen LogP contribution in [0.3, 0.4) is 0 Å². The summed E-state index contributed by atoms with van der Waals surface area (Å²) >= 11 is 0. The molecule has 1 fully saturated rings. The van der Waals surface area contributed by atoms with Crippen LogP contribution in [0, 0.1) is 11.3 Å². The molecule has 1 saturated heterocycles. The molecule has 2 amide bonds. The lowest BCUT2D eigenvalue weighted by Crippen LogP contribution is -2.44. The Morgan fingerprint density at radius 3 is 2.33 bits per heavy atom. The number of carbonyl (C=O) groups is 2. The second-order valence-electron chi connectivity index (χ2n) is 3.90. The predicted molar refractivity (Wildman–Crippen MR) is 53.6 cm³/mol. The molecule has 0 aliphatic carbocycles. The maximum atomic E-state index is 11.3. The Hall–Kier alpha value is -1.41. The SMILES string of the molecule is CC(C)NC(C#N)CN1C(=O)CCC1=O. The first-order valence-corrected chi connectivity index (χ1v) is 5.03. The van der Waals surface area contributed by atoms with Gasteiger partial charge in [-0.1, -0.05) is 0 Å². The molecule has 5 nitrogen and oxygen atoms in total. The molecule has 1 atom stereocenters. The Morgan fingerprint density at radius 2 is 1.93 bits per heavy atom. The normalized spacial score (nSPS) is 18.4. The molecule has 1 rings (SSSR count). The first-order valence-electron chi connectivity index (χ1n) is 5.03. The second kappa shape index (κ2) is 4.89. The van der Waals surface area contributed by atoms with Gasteiger partial charge in [0.25, 0.3) is 0 Å². The van der Waals surface area contributed by atoms with Gasteiger partial charge in [0.1, 0.15) is 6.04 Å². The van der Waals surface area contributed by atoms with E-state index in [0.717, 1.165) is 0 Å². The number of rotatable bonds is 4. The fourth-order valence-electron chi connectivity index (χ4n) is 1.54. The van der Waals surface area contributed by atoms with Crippen LogP contribution in [0.4, 0.5) is 0 Å². The predicted octanol–water partition coefficient (Wildman–Crippen LogP) is 0.0256. The van der Waals surface area contributed by atoms with Gasteiger partial charge in [0.05, 0.1) is 12.6 Å². The van der Waals surface area contributed by atoms with Gasteiger partial charge < -0.3 is 0 Å². The summed E-state index contributed by atoms with van der Waals surface area (Å²) in [5, 5.41) is 11.8. The number of imide groups is 1. The van der Waals surface area contributed by atoms with Gasteiger partial charge in [0.2, 0.25) is 11.8 Å². The molecule has 0 saturated carbocycles. The maximum Gasteiger partial charge on any atom is 0.229 e. The molecule has 1 N–H and O–H groups in total. The Bertz CT molecular complexity index is 290.